The minimum atomic E-state index is -0.461. The van der Waals surface area contributed by atoms with Crippen molar-refractivity contribution in [2.24, 2.45) is 0 Å². The summed E-state index contributed by atoms with van der Waals surface area (Å²) in [5.74, 6) is 0. The van der Waals surface area contributed by atoms with E-state index in [2.05, 4.69) is 231 Å². The highest BCUT2D eigenvalue weighted by Crippen LogP contribution is 2.56. The van der Waals surface area contributed by atoms with Gasteiger partial charge in [-0.3, -0.25) is 0 Å². The number of benzene rings is 9. The molecule has 284 valence electrons. The summed E-state index contributed by atoms with van der Waals surface area (Å²) in [6, 6.07) is 77.9. The first kappa shape index (κ1) is 34.6. The van der Waals surface area contributed by atoms with E-state index in [1.807, 2.05) is 0 Å². The highest BCUT2D eigenvalue weighted by molar-refractivity contribution is 6.09. The molecule has 1 heterocycles. The molecule has 10 aromatic rings. The van der Waals surface area contributed by atoms with Gasteiger partial charge in [0.1, 0.15) is 11.2 Å². The summed E-state index contributed by atoms with van der Waals surface area (Å²) in [6.07, 6.45) is 0. The maximum absolute atomic E-state index is 6.65. The first-order valence-electron chi connectivity index (χ1n) is 20.9. The lowest BCUT2D eigenvalue weighted by Gasteiger charge is -2.34. The largest absolute Gasteiger partial charge is 0.456 e. The third-order valence-corrected chi connectivity index (χ3v) is 13.4. The Bertz CT molecular complexity index is 3220. The molecule has 60 heavy (non-hydrogen) atoms. The number of rotatable bonds is 6. The number of nitrogens with zero attached hydrogens (tertiary/aromatic N) is 1. The molecule has 0 atom stereocenters. The van der Waals surface area contributed by atoms with Crippen LogP contribution in [0.5, 0.6) is 0 Å². The Morgan fingerprint density at radius 1 is 0.350 bits per heavy atom. The molecule has 0 saturated heterocycles. The topological polar surface area (TPSA) is 16.4 Å². The van der Waals surface area contributed by atoms with Gasteiger partial charge in [-0.1, -0.05) is 172 Å². The predicted octanol–water partition coefficient (Wildman–Crippen LogP) is 15.4. The quantitative estimate of drug-likeness (QED) is 0.168. The molecule has 0 radical (unpaired) electrons. The van der Waals surface area contributed by atoms with Crippen LogP contribution < -0.4 is 4.90 Å². The van der Waals surface area contributed by atoms with Gasteiger partial charge in [-0.25, -0.2) is 0 Å². The van der Waals surface area contributed by atoms with Crippen LogP contribution in [0.4, 0.5) is 17.1 Å². The van der Waals surface area contributed by atoms with Gasteiger partial charge in [0, 0.05) is 33.2 Å². The third kappa shape index (κ3) is 4.94. The fourth-order valence-corrected chi connectivity index (χ4v) is 10.6. The number of hydrogen-bond acceptors (Lipinski definition) is 2. The zero-order valence-corrected chi connectivity index (χ0v) is 33.6. The molecule has 0 saturated carbocycles. The Kier molecular flexibility index (Phi) is 7.52. The van der Waals surface area contributed by atoms with E-state index in [0.717, 1.165) is 39.0 Å². The summed E-state index contributed by atoms with van der Waals surface area (Å²) in [5.41, 5.74) is 19.9. The van der Waals surface area contributed by atoms with Gasteiger partial charge >= 0.3 is 0 Å². The van der Waals surface area contributed by atoms with Crippen molar-refractivity contribution in [2.75, 3.05) is 4.90 Å². The van der Waals surface area contributed by atoms with Crippen LogP contribution in [0.3, 0.4) is 0 Å². The normalized spacial score (nSPS) is 14.1. The molecule has 0 aliphatic heterocycles. The smallest absolute Gasteiger partial charge is 0.135 e. The average Bonchev–Trinajstić information content (AvgIpc) is 3.90. The molecule has 2 aliphatic rings. The maximum atomic E-state index is 6.65. The molecule has 0 N–H and O–H groups in total. The monoisotopic (exact) mass is 767 g/mol. The summed E-state index contributed by atoms with van der Waals surface area (Å²) in [4.78, 5) is 2.38. The number of anilines is 3. The molecule has 2 heteroatoms. The summed E-state index contributed by atoms with van der Waals surface area (Å²) in [7, 11) is 0. The van der Waals surface area contributed by atoms with Gasteiger partial charge < -0.3 is 9.32 Å². The van der Waals surface area contributed by atoms with Gasteiger partial charge in [-0.15, -0.1) is 0 Å². The molecule has 2 aliphatic carbocycles. The summed E-state index contributed by atoms with van der Waals surface area (Å²) >= 11 is 0. The fourth-order valence-electron chi connectivity index (χ4n) is 10.6. The molecule has 0 amide bonds. The SMILES string of the molecule is CC1(C)c2ccccc2-c2cc3c(cc21)oc1ccc(N(c2ccc(-c4ccccc4)cc2)c2ccc(C4(c5ccccc5)c5ccccc5-c5ccccc54)cc2)cc13. The highest BCUT2D eigenvalue weighted by Gasteiger charge is 2.46. The van der Waals surface area contributed by atoms with E-state index in [9.17, 15) is 0 Å². The fraction of sp³-hybridized carbons (Fsp3) is 0.0690. The van der Waals surface area contributed by atoms with Gasteiger partial charge in [0.25, 0.3) is 0 Å². The van der Waals surface area contributed by atoms with E-state index in [4.69, 9.17) is 4.42 Å². The Morgan fingerprint density at radius 2 is 0.833 bits per heavy atom. The zero-order chi connectivity index (χ0) is 40.0. The predicted molar refractivity (Wildman–Crippen MR) is 249 cm³/mol. The molecule has 0 fully saturated rings. The molecular weight excluding hydrogens is 727 g/mol. The first-order chi connectivity index (χ1) is 29.5. The van der Waals surface area contributed by atoms with Crippen LogP contribution in [0.2, 0.25) is 0 Å². The van der Waals surface area contributed by atoms with E-state index in [-0.39, 0.29) is 5.41 Å². The standard InChI is InChI=1S/C58H41NO/c1-57(2)51-22-12-9-21-47(51)48-36-50-49-35-44(33-34-55(49)60-56(50)37-54(48)57)59(42-29-25-39(26-30-42)38-15-5-3-6-16-38)43-31-27-41(28-32-43)58(40-17-7-4-8-18-40)52-23-13-10-19-45(52)46-20-11-14-24-53(46)58/h3-37H,1-2H3. The first-order valence-corrected chi connectivity index (χ1v) is 20.9. The van der Waals surface area contributed by atoms with Crippen LogP contribution in [0.1, 0.15) is 47.2 Å². The van der Waals surface area contributed by atoms with Crippen molar-refractivity contribution in [2.45, 2.75) is 24.7 Å². The Balaban J connectivity index is 1.04. The molecule has 0 bridgehead atoms. The molecule has 9 aromatic carbocycles. The van der Waals surface area contributed by atoms with Crippen molar-refractivity contribution in [3.63, 3.8) is 0 Å². The van der Waals surface area contributed by atoms with E-state index < -0.39 is 5.41 Å². The van der Waals surface area contributed by atoms with Crippen LogP contribution in [-0.4, -0.2) is 0 Å². The molecule has 0 spiro atoms. The van der Waals surface area contributed by atoms with Gasteiger partial charge in [0.2, 0.25) is 0 Å². The summed E-state index contributed by atoms with van der Waals surface area (Å²) < 4.78 is 6.65. The minimum Gasteiger partial charge on any atom is -0.456 e. The van der Waals surface area contributed by atoms with Gasteiger partial charge in [0.05, 0.1) is 5.41 Å². The lowest BCUT2D eigenvalue weighted by Crippen LogP contribution is -2.28. The molecular formula is C58H41NO. The van der Waals surface area contributed by atoms with Crippen LogP contribution in [0, 0.1) is 0 Å². The minimum absolute atomic E-state index is 0.0964. The number of fused-ring (bicyclic) bond motifs is 9. The second kappa shape index (κ2) is 13.0. The van der Waals surface area contributed by atoms with Crippen molar-refractivity contribution in [1.82, 2.24) is 0 Å². The third-order valence-electron chi connectivity index (χ3n) is 13.4. The van der Waals surface area contributed by atoms with Crippen LogP contribution in [0.15, 0.2) is 217 Å². The lowest BCUT2D eigenvalue weighted by atomic mass is 9.68. The molecule has 12 rings (SSSR count). The van der Waals surface area contributed by atoms with Crippen molar-refractivity contribution in [1.29, 1.82) is 0 Å². The summed E-state index contributed by atoms with van der Waals surface area (Å²) in [5, 5.41) is 2.24. The molecule has 2 nitrogen and oxygen atoms in total. The Morgan fingerprint density at radius 3 is 1.48 bits per heavy atom. The van der Waals surface area contributed by atoms with E-state index in [1.165, 1.54) is 66.8 Å². The van der Waals surface area contributed by atoms with Crippen molar-refractivity contribution in [3.05, 3.63) is 246 Å². The van der Waals surface area contributed by atoms with E-state index in [1.54, 1.807) is 0 Å². The van der Waals surface area contributed by atoms with E-state index >= 15 is 0 Å². The van der Waals surface area contributed by atoms with Crippen molar-refractivity contribution >= 4 is 39.0 Å². The van der Waals surface area contributed by atoms with Gasteiger partial charge in [0.15, 0.2) is 0 Å². The second-order valence-corrected chi connectivity index (χ2v) is 16.8. The van der Waals surface area contributed by atoms with Gasteiger partial charge in [-0.2, -0.15) is 0 Å². The second-order valence-electron chi connectivity index (χ2n) is 16.8. The molecule has 0 unspecified atom stereocenters. The molecule has 1 aromatic heterocycles. The van der Waals surface area contributed by atoms with Crippen LogP contribution in [-0.2, 0) is 10.8 Å². The van der Waals surface area contributed by atoms with Crippen molar-refractivity contribution < 1.29 is 4.42 Å². The maximum Gasteiger partial charge on any atom is 0.135 e. The number of hydrogen-bond donors (Lipinski definition) is 0. The van der Waals surface area contributed by atoms with E-state index in [0.29, 0.717) is 0 Å². The Hall–Kier alpha value is -7.42. The highest BCUT2D eigenvalue weighted by atomic mass is 16.3. The lowest BCUT2D eigenvalue weighted by molar-refractivity contribution is 0.647. The van der Waals surface area contributed by atoms with Crippen molar-refractivity contribution in [3.8, 4) is 33.4 Å². The Labute approximate surface area is 350 Å². The number of furan rings is 1. The van der Waals surface area contributed by atoms with Crippen LogP contribution in [0.25, 0.3) is 55.3 Å². The zero-order valence-electron chi connectivity index (χ0n) is 33.6. The summed E-state index contributed by atoms with van der Waals surface area (Å²) in [6.45, 7) is 4.64. The van der Waals surface area contributed by atoms with Crippen LogP contribution >= 0.6 is 0 Å². The van der Waals surface area contributed by atoms with Gasteiger partial charge in [-0.05, 0) is 121 Å². The average molecular weight is 768 g/mol.